The molecule has 0 atom stereocenters. The third-order valence-electron chi connectivity index (χ3n) is 3.42. The summed E-state index contributed by atoms with van der Waals surface area (Å²) in [7, 11) is 0. The molecule has 124 valence electrons. The van der Waals surface area contributed by atoms with E-state index in [1.165, 1.54) is 48.2 Å². The zero-order valence-electron chi connectivity index (χ0n) is 12.8. The number of benzene rings is 2. The van der Waals surface area contributed by atoms with Crippen molar-refractivity contribution in [2.24, 2.45) is 0 Å². The molecule has 1 N–H and O–H groups in total. The molecular weight excluding hydrogens is 344 g/mol. The average Bonchev–Trinajstić information content (AvgIpc) is 2.61. The SMILES string of the molecule is N#Cc1c(-c2ccc(F)cc2)nc(SCc2ccc(F)cc2)[nH]c1=O. The van der Waals surface area contributed by atoms with Gasteiger partial charge in [0.2, 0.25) is 0 Å². The maximum Gasteiger partial charge on any atom is 0.270 e. The summed E-state index contributed by atoms with van der Waals surface area (Å²) in [6.07, 6.45) is 0. The van der Waals surface area contributed by atoms with Gasteiger partial charge in [0, 0.05) is 11.3 Å². The van der Waals surface area contributed by atoms with Crippen LogP contribution >= 0.6 is 11.8 Å². The molecule has 3 aromatic rings. The second-order valence-corrected chi connectivity index (χ2v) is 6.09. The van der Waals surface area contributed by atoms with Gasteiger partial charge in [-0.1, -0.05) is 23.9 Å². The molecule has 0 aliphatic rings. The number of nitrogens with one attached hydrogen (secondary N) is 1. The van der Waals surface area contributed by atoms with E-state index in [9.17, 15) is 18.8 Å². The molecule has 1 aromatic heterocycles. The highest BCUT2D eigenvalue weighted by atomic mass is 32.2. The lowest BCUT2D eigenvalue weighted by atomic mass is 10.1. The number of aromatic amines is 1. The summed E-state index contributed by atoms with van der Waals surface area (Å²) in [6.45, 7) is 0. The number of H-pyrrole nitrogens is 1. The van der Waals surface area contributed by atoms with Crippen LogP contribution in [0.2, 0.25) is 0 Å². The molecule has 3 rings (SSSR count). The van der Waals surface area contributed by atoms with Gasteiger partial charge in [0.1, 0.15) is 23.3 Å². The molecule has 0 amide bonds. The molecule has 0 unspecified atom stereocenters. The second-order valence-electron chi connectivity index (χ2n) is 5.13. The maximum absolute atomic E-state index is 13.1. The third-order valence-corrected chi connectivity index (χ3v) is 4.36. The first kappa shape index (κ1) is 16.9. The van der Waals surface area contributed by atoms with Crippen molar-refractivity contribution in [3.8, 4) is 17.3 Å². The van der Waals surface area contributed by atoms with Crippen molar-refractivity contribution in [2.45, 2.75) is 10.9 Å². The van der Waals surface area contributed by atoms with Crippen LogP contribution in [0.4, 0.5) is 8.78 Å². The molecule has 2 aromatic carbocycles. The Kier molecular flexibility index (Phi) is 4.91. The lowest BCUT2D eigenvalue weighted by molar-refractivity contribution is 0.627. The molecule has 0 aliphatic heterocycles. The molecule has 25 heavy (non-hydrogen) atoms. The van der Waals surface area contributed by atoms with Gasteiger partial charge in [0.25, 0.3) is 5.56 Å². The summed E-state index contributed by atoms with van der Waals surface area (Å²) in [5.74, 6) is -0.270. The fraction of sp³-hybridized carbons (Fsp3) is 0.0556. The van der Waals surface area contributed by atoms with Gasteiger partial charge >= 0.3 is 0 Å². The lowest BCUT2D eigenvalue weighted by Crippen LogP contribution is -2.14. The highest BCUT2D eigenvalue weighted by Crippen LogP contribution is 2.24. The van der Waals surface area contributed by atoms with Crippen molar-refractivity contribution < 1.29 is 8.78 Å². The number of hydrogen-bond donors (Lipinski definition) is 1. The van der Waals surface area contributed by atoms with E-state index in [4.69, 9.17) is 0 Å². The van der Waals surface area contributed by atoms with Crippen LogP contribution in [-0.4, -0.2) is 9.97 Å². The smallest absolute Gasteiger partial charge is 0.270 e. The molecular formula is C18H11F2N3OS. The molecule has 0 bridgehead atoms. The Morgan fingerprint density at radius 3 is 2.24 bits per heavy atom. The number of nitrogens with zero attached hydrogens (tertiary/aromatic N) is 2. The van der Waals surface area contributed by atoms with Crippen molar-refractivity contribution in [1.82, 2.24) is 9.97 Å². The van der Waals surface area contributed by atoms with Crippen LogP contribution in [0.5, 0.6) is 0 Å². The van der Waals surface area contributed by atoms with Crippen LogP contribution in [-0.2, 0) is 5.75 Å². The topological polar surface area (TPSA) is 69.5 Å². The van der Waals surface area contributed by atoms with Crippen LogP contribution in [0.3, 0.4) is 0 Å². The van der Waals surface area contributed by atoms with Gasteiger partial charge in [0.15, 0.2) is 5.16 Å². The molecule has 7 heteroatoms. The molecule has 1 heterocycles. The van der Waals surface area contributed by atoms with E-state index in [0.717, 1.165) is 5.56 Å². The number of rotatable bonds is 4. The van der Waals surface area contributed by atoms with Crippen LogP contribution in [0.25, 0.3) is 11.3 Å². The minimum atomic E-state index is -0.557. The van der Waals surface area contributed by atoms with Gasteiger partial charge in [-0.2, -0.15) is 5.26 Å². The number of halogens is 2. The number of hydrogen-bond acceptors (Lipinski definition) is 4. The summed E-state index contributed by atoms with van der Waals surface area (Å²) in [5, 5.41) is 9.54. The van der Waals surface area contributed by atoms with Gasteiger partial charge in [-0.05, 0) is 42.0 Å². The van der Waals surface area contributed by atoms with Crippen molar-refractivity contribution in [3.63, 3.8) is 0 Å². The summed E-state index contributed by atoms with van der Waals surface area (Å²) in [5.41, 5.74) is 0.860. The van der Waals surface area contributed by atoms with E-state index in [1.807, 2.05) is 6.07 Å². The van der Waals surface area contributed by atoms with E-state index in [0.29, 0.717) is 16.5 Å². The largest absolute Gasteiger partial charge is 0.300 e. The first-order valence-corrected chi connectivity index (χ1v) is 8.23. The second kappa shape index (κ2) is 7.28. The molecule has 0 aliphatic carbocycles. The van der Waals surface area contributed by atoms with E-state index in [2.05, 4.69) is 9.97 Å². The highest BCUT2D eigenvalue weighted by Gasteiger charge is 2.14. The zero-order valence-corrected chi connectivity index (χ0v) is 13.6. The Morgan fingerprint density at radius 2 is 1.64 bits per heavy atom. The fourth-order valence-corrected chi connectivity index (χ4v) is 2.99. The Hall–Kier alpha value is -2.98. The summed E-state index contributed by atoms with van der Waals surface area (Å²) in [6, 6.07) is 13.2. The van der Waals surface area contributed by atoms with Gasteiger partial charge < -0.3 is 4.98 Å². The van der Waals surface area contributed by atoms with Crippen molar-refractivity contribution in [1.29, 1.82) is 5.26 Å². The average molecular weight is 355 g/mol. The van der Waals surface area contributed by atoms with Crippen LogP contribution in [0, 0.1) is 23.0 Å². The number of nitriles is 1. The molecule has 0 fully saturated rings. The molecule has 0 spiro atoms. The normalized spacial score (nSPS) is 10.4. The van der Waals surface area contributed by atoms with Crippen LogP contribution in [0.15, 0.2) is 58.5 Å². The first-order chi connectivity index (χ1) is 12.1. The van der Waals surface area contributed by atoms with Gasteiger partial charge in [0.05, 0.1) is 5.69 Å². The van der Waals surface area contributed by atoms with Crippen molar-refractivity contribution in [3.05, 3.63) is 81.6 Å². The fourth-order valence-electron chi connectivity index (χ4n) is 2.17. The van der Waals surface area contributed by atoms with E-state index in [-0.39, 0.29) is 17.1 Å². The number of aromatic nitrogens is 2. The quantitative estimate of drug-likeness (QED) is 0.570. The Morgan fingerprint density at radius 1 is 1.04 bits per heavy atom. The van der Waals surface area contributed by atoms with Gasteiger partial charge in [-0.3, -0.25) is 4.79 Å². The van der Waals surface area contributed by atoms with Crippen molar-refractivity contribution in [2.75, 3.05) is 0 Å². The van der Waals surface area contributed by atoms with E-state index in [1.54, 1.807) is 12.1 Å². The predicted molar refractivity (Wildman–Crippen MR) is 90.9 cm³/mol. The number of thioether (sulfide) groups is 1. The Bertz CT molecular complexity index is 993. The van der Waals surface area contributed by atoms with E-state index >= 15 is 0 Å². The molecule has 0 saturated carbocycles. The maximum atomic E-state index is 13.1. The lowest BCUT2D eigenvalue weighted by Gasteiger charge is -2.07. The molecule has 0 radical (unpaired) electrons. The minimum Gasteiger partial charge on any atom is -0.300 e. The predicted octanol–water partition coefficient (Wildman–Crippen LogP) is 3.88. The van der Waals surface area contributed by atoms with Gasteiger partial charge in [-0.15, -0.1) is 0 Å². The summed E-state index contributed by atoms with van der Waals surface area (Å²) >= 11 is 1.25. The first-order valence-electron chi connectivity index (χ1n) is 7.24. The summed E-state index contributed by atoms with van der Waals surface area (Å²) < 4.78 is 26.0. The molecule has 0 saturated heterocycles. The highest BCUT2D eigenvalue weighted by molar-refractivity contribution is 7.98. The Balaban J connectivity index is 1.93. The Labute approximate surface area is 146 Å². The standard InChI is InChI=1S/C18H11F2N3OS/c19-13-5-1-11(2-6-13)10-25-18-22-16(15(9-21)17(24)23-18)12-3-7-14(20)8-4-12/h1-8H,10H2,(H,22,23,24). The molecule has 4 nitrogen and oxygen atoms in total. The minimum absolute atomic E-state index is 0.127. The summed E-state index contributed by atoms with van der Waals surface area (Å²) in [4.78, 5) is 19.0. The van der Waals surface area contributed by atoms with E-state index < -0.39 is 11.4 Å². The monoisotopic (exact) mass is 355 g/mol. The van der Waals surface area contributed by atoms with Gasteiger partial charge in [-0.25, -0.2) is 13.8 Å². The zero-order chi connectivity index (χ0) is 17.8. The third kappa shape index (κ3) is 3.92. The van der Waals surface area contributed by atoms with Crippen LogP contribution in [0.1, 0.15) is 11.1 Å². The van der Waals surface area contributed by atoms with Crippen LogP contribution < -0.4 is 5.56 Å². The van der Waals surface area contributed by atoms with Crippen molar-refractivity contribution >= 4 is 11.8 Å².